The summed E-state index contributed by atoms with van der Waals surface area (Å²) >= 11 is 0. The molecule has 3 rings (SSSR count). The number of hydrogen-bond donors (Lipinski definition) is 0. The molecule has 0 unspecified atom stereocenters. The first kappa shape index (κ1) is 25.1. The summed E-state index contributed by atoms with van der Waals surface area (Å²) in [6.07, 6.45) is -0.759. The molecule has 0 bridgehead atoms. The lowest BCUT2D eigenvalue weighted by atomic mass is 10.0. The zero-order valence-electron chi connectivity index (χ0n) is 20.8. The van der Waals surface area contributed by atoms with Gasteiger partial charge in [0.1, 0.15) is 24.4 Å². The largest absolute Gasteiger partial charge is 0.414 e. The molecule has 4 atom stereocenters. The Morgan fingerprint density at radius 3 is 1.87 bits per heavy atom. The maximum Gasteiger partial charge on any atom is 0.335 e. The number of rotatable bonds is 6. The van der Waals surface area contributed by atoms with Gasteiger partial charge in [-0.05, 0) is 27.7 Å². The van der Waals surface area contributed by atoms with E-state index in [2.05, 4.69) is 67.5 Å². The number of hydrogen-bond acceptors (Lipinski definition) is 5. The Morgan fingerprint density at radius 2 is 1.39 bits per heavy atom. The van der Waals surface area contributed by atoms with Crippen LogP contribution in [0.5, 0.6) is 0 Å². The van der Waals surface area contributed by atoms with Crippen LogP contribution < -0.4 is 0 Å². The Kier molecular flexibility index (Phi) is 7.89. The van der Waals surface area contributed by atoms with Crippen LogP contribution in [0.4, 0.5) is 0 Å². The van der Waals surface area contributed by atoms with Gasteiger partial charge in [0.15, 0.2) is 0 Å². The fourth-order valence-corrected chi connectivity index (χ4v) is 16.5. The molecule has 2 aliphatic rings. The summed E-state index contributed by atoms with van der Waals surface area (Å²) in [5.74, 6) is 0. The monoisotopic (exact) mass is 466 g/mol. The molecule has 7 heteroatoms. The van der Waals surface area contributed by atoms with Gasteiger partial charge in [0.05, 0.1) is 6.61 Å². The van der Waals surface area contributed by atoms with Gasteiger partial charge < -0.3 is 22.4 Å². The van der Waals surface area contributed by atoms with Gasteiger partial charge >= 0.3 is 17.1 Å². The summed E-state index contributed by atoms with van der Waals surface area (Å²) in [6.45, 7) is 18.4. The first-order valence-corrected chi connectivity index (χ1v) is 15.8. The van der Waals surface area contributed by atoms with Crippen molar-refractivity contribution in [1.82, 2.24) is 0 Å². The first-order chi connectivity index (χ1) is 14.6. The summed E-state index contributed by atoms with van der Waals surface area (Å²) in [5, 5.41) is 0. The van der Waals surface area contributed by atoms with E-state index in [4.69, 9.17) is 22.4 Å². The number of ether oxygens (including phenoxy) is 2. The van der Waals surface area contributed by atoms with Crippen molar-refractivity contribution in [2.45, 2.75) is 102 Å². The molecule has 0 spiro atoms. The van der Waals surface area contributed by atoms with E-state index in [1.54, 1.807) is 7.11 Å². The van der Waals surface area contributed by atoms with Gasteiger partial charge in [-0.3, -0.25) is 0 Å². The van der Waals surface area contributed by atoms with Crippen LogP contribution in [-0.2, 0) is 22.4 Å². The molecule has 2 aliphatic heterocycles. The molecule has 1 aromatic carbocycles. The van der Waals surface area contributed by atoms with Gasteiger partial charge in [0.2, 0.25) is 0 Å². The van der Waals surface area contributed by atoms with E-state index in [0.29, 0.717) is 17.7 Å². The van der Waals surface area contributed by atoms with Crippen LogP contribution >= 0.6 is 0 Å². The molecule has 5 nitrogen and oxygen atoms in total. The first-order valence-electron chi connectivity index (χ1n) is 11.8. The highest BCUT2D eigenvalue weighted by atomic mass is 28.5. The Labute approximate surface area is 191 Å². The van der Waals surface area contributed by atoms with Gasteiger partial charge in [-0.25, -0.2) is 0 Å². The number of methoxy groups -OCH3 is 1. The summed E-state index contributed by atoms with van der Waals surface area (Å²) in [5.41, 5.74) is 2.33. The standard InChI is InChI=1S/C24H42O5Si2/c1-16(2)30(17(3)4)26-15-21-23(28-31(29-30,18(5)6)19(7)8)24(25-9)22(27-21)20-13-11-10-12-14-20/h10-14,16-19,21-24H,15H2,1-9H3/t21-,22+,23-,24+/m1/s1. The quantitative estimate of drug-likeness (QED) is 0.474. The summed E-state index contributed by atoms with van der Waals surface area (Å²) in [6, 6.07) is 10.3. The summed E-state index contributed by atoms with van der Waals surface area (Å²) in [4.78, 5) is 0. The predicted molar refractivity (Wildman–Crippen MR) is 129 cm³/mol. The van der Waals surface area contributed by atoms with E-state index in [1.807, 2.05) is 18.2 Å². The molecule has 2 heterocycles. The maximum absolute atomic E-state index is 7.28. The van der Waals surface area contributed by atoms with Gasteiger partial charge in [0, 0.05) is 7.11 Å². The topological polar surface area (TPSA) is 46.2 Å². The van der Waals surface area contributed by atoms with Crippen LogP contribution in [0.2, 0.25) is 22.2 Å². The van der Waals surface area contributed by atoms with Gasteiger partial charge in [-0.2, -0.15) is 0 Å². The fraction of sp³-hybridized carbons (Fsp3) is 0.750. The van der Waals surface area contributed by atoms with Crippen LogP contribution in [0.15, 0.2) is 30.3 Å². The predicted octanol–water partition coefficient (Wildman–Crippen LogP) is 6.10. The third kappa shape index (κ3) is 4.47. The third-order valence-corrected chi connectivity index (χ3v) is 17.3. The highest BCUT2D eigenvalue weighted by molar-refractivity contribution is 6.83. The summed E-state index contributed by atoms with van der Waals surface area (Å²) < 4.78 is 33.9. The number of benzene rings is 1. The van der Waals surface area contributed by atoms with Gasteiger partial charge in [-0.15, -0.1) is 0 Å². The molecule has 0 N–H and O–H groups in total. The molecule has 31 heavy (non-hydrogen) atoms. The average Bonchev–Trinajstić information content (AvgIpc) is 3.04. The lowest BCUT2D eigenvalue weighted by Gasteiger charge is -2.51. The fourth-order valence-electron chi connectivity index (χ4n) is 5.31. The lowest BCUT2D eigenvalue weighted by molar-refractivity contribution is -0.0398. The zero-order valence-corrected chi connectivity index (χ0v) is 22.8. The normalized spacial score (nSPS) is 30.6. The minimum atomic E-state index is -2.68. The maximum atomic E-state index is 7.28. The second kappa shape index (κ2) is 9.75. The van der Waals surface area contributed by atoms with Crippen molar-refractivity contribution in [2.75, 3.05) is 13.7 Å². The third-order valence-electron chi connectivity index (χ3n) is 7.04. The molecule has 0 radical (unpaired) electrons. The second-order valence-electron chi connectivity index (χ2n) is 10.3. The van der Waals surface area contributed by atoms with E-state index in [0.717, 1.165) is 5.56 Å². The van der Waals surface area contributed by atoms with Crippen LogP contribution in [0.1, 0.15) is 67.1 Å². The minimum absolute atomic E-state index is 0.173. The van der Waals surface area contributed by atoms with Crippen LogP contribution in [-0.4, -0.2) is 49.2 Å². The van der Waals surface area contributed by atoms with E-state index < -0.39 is 17.1 Å². The highest BCUT2D eigenvalue weighted by Crippen LogP contribution is 2.49. The summed E-state index contributed by atoms with van der Waals surface area (Å²) in [7, 11) is -3.48. The van der Waals surface area contributed by atoms with Gasteiger partial charge in [-0.1, -0.05) is 85.7 Å². The smallest absolute Gasteiger partial charge is 0.335 e. The molecular formula is C24H42O5Si2. The van der Waals surface area contributed by atoms with E-state index in [9.17, 15) is 0 Å². The van der Waals surface area contributed by atoms with Crippen LogP contribution in [0, 0.1) is 0 Å². The Morgan fingerprint density at radius 1 is 0.839 bits per heavy atom. The van der Waals surface area contributed by atoms with Crippen molar-refractivity contribution in [1.29, 1.82) is 0 Å². The Bertz CT molecular complexity index is 693. The number of fused-ring (bicyclic) bond motifs is 1. The molecule has 0 amide bonds. The molecule has 2 saturated heterocycles. The van der Waals surface area contributed by atoms with Gasteiger partial charge in [0.25, 0.3) is 0 Å². The lowest BCUT2D eigenvalue weighted by Crippen LogP contribution is -2.65. The van der Waals surface area contributed by atoms with Crippen molar-refractivity contribution in [3.05, 3.63) is 35.9 Å². The molecule has 0 aromatic heterocycles. The van der Waals surface area contributed by atoms with E-state index in [1.165, 1.54) is 0 Å². The SMILES string of the molecule is CO[C@@H]1[C@@H]2O[Si](C(C)C)(C(C)C)O[Si](C(C)C)(C(C)C)OC[C@H]2O[C@H]1c1ccccc1. The van der Waals surface area contributed by atoms with Crippen molar-refractivity contribution in [3.8, 4) is 0 Å². The van der Waals surface area contributed by atoms with E-state index >= 15 is 0 Å². The second-order valence-corrected chi connectivity index (χ2v) is 19.1. The molecular weight excluding hydrogens is 424 g/mol. The molecule has 176 valence electrons. The molecule has 2 fully saturated rings. The Balaban J connectivity index is 2.07. The van der Waals surface area contributed by atoms with Crippen molar-refractivity contribution < 1.29 is 22.4 Å². The van der Waals surface area contributed by atoms with Crippen LogP contribution in [0.3, 0.4) is 0 Å². The minimum Gasteiger partial charge on any atom is -0.414 e. The molecule has 0 aliphatic carbocycles. The van der Waals surface area contributed by atoms with Crippen molar-refractivity contribution >= 4 is 17.1 Å². The highest BCUT2D eigenvalue weighted by Gasteiger charge is 2.61. The average molecular weight is 467 g/mol. The molecule has 0 saturated carbocycles. The van der Waals surface area contributed by atoms with Crippen molar-refractivity contribution in [2.24, 2.45) is 0 Å². The zero-order chi connectivity index (χ0) is 23.0. The van der Waals surface area contributed by atoms with Crippen molar-refractivity contribution in [3.63, 3.8) is 0 Å². The Hall–Kier alpha value is -0.546. The molecule has 1 aromatic rings. The van der Waals surface area contributed by atoms with Crippen LogP contribution in [0.25, 0.3) is 0 Å². The van der Waals surface area contributed by atoms with E-state index in [-0.39, 0.29) is 35.5 Å².